The maximum atomic E-state index is 13.6. The van der Waals surface area contributed by atoms with Crippen LogP contribution >= 0.6 is 0 Å². The molecule has 1 aliphatic rings. The summed E-state index contributed by atoms with van der Waals surface area (Å²) >= 11 is 0. The standard InChI is InChI=1S/C19H18FN3O3/c20-15-8-1-2-9-16(15)22-19(26)18(25)21-13-6-5-7-14(12-13)23-11-4-3-10-17(23)24/h1-2,5-9,12H,3-4,10-11H2,(H,21,25)(H,22,26). The lowest BCUT2D eigenvalue weighted by atomic mass is 10.1. The lowest BCUT2D eigenvalue weighted by Gasteiger charge is -2.27. The molecule has 2 aromatic carbocycles. The molecule has 26 heavy (non-hydrogen) atoms. The monoisotopic (exact) mass is 355 g/mol. The Kier molecular flexibility index (Phi) is 5.26. The van der Waals surface area contributed by atoms with Crippen molar-refractivity contribution in [1.29, 1.82) is 0 Å². The molecule has 6 nitrogen and oxygen atoms in total. The minimum Gasteiger partial charge on any atom is -0.318 e. The van der Waals surface area contributed by atoms with Gasteiger partial charge in [0.05, 0.1) is 5.69 Å². The summed E-state index contributed by atoms with van der Waals surface area (Å²) in [6.07, 6.45) is 2.30. The van der Waals surface area contributed by atoms with E-state index in [0.29, 0.717) is 24.3 Å². The van der Waals surface area contributed by atoms with Gasteiger partial charge in [-0.3, -0.25) is 14.4 Å². The third-order valence-electron chi connectivity index (χ3n) is 4.07. The van der Waals surface area contributed by atoms with Gasteiger partial charge >= 0.3 is 11.8 Å². The van der Waals surface area contributed by atoms with E-state index in [-0.39, 0.29) is 11.6 Å². The van der Waals surface area contributed by atoms with Gasteiger partial charge in [0, 0.05) is 24.3 Å². The number of hydrogen-bond donors (Lipinski definition) is 2. The smallest absolute Gasteiger partial charge is 0.314 e. The van der Waals surface area contributed by atoms with Crippen LogP contribution < -0.4 is 15.5 Å². The maximum absolute atomic E-state index is 13.6. The Bertz CT molecular complexity index is 853. The highest BCUT2D eigenvalue weighted by Gasteiger charge is 2.20. The summed E-state index contributed by atoms with van der Waals surface area (Å²) < 4.78 is 13.6. The highest BCUT2D eigenvalue weighted by molar-refractivity contribution is 6.43. The first-order chi connectivity index (χ1) is 12.5. The Morgan fingerprint density at radius 3 is 2.50 bits per heavy atom. The summed E-state index contributed by atoms with van der Waals surface area (Å²) in [4.78, 5) is 37.7. The van der Waals surface area contributed by atoms with E-state index in [1.807, 2.05) is 0 Å². The predicted octanol–water partition coefficient (Wildman–Crippen LogP) is 2.92. The lowest BCUT2D eigenvalue weighted by Crippen LogP contribution is -2.35. The molecular formula is C19H18FN3O3. The zero-order chi connectivity index (χ0) is 18.5. The third kappa shape index (κ3) is 4.05. The molecule has 0 saturated carbocycles. The van der Waals surface area contributed by atoms with Crippen LogP contribution in [0.1, 0.15) is 19.3 Å². The SMILES string of the molecule is O=C(Nc1cccc(N2CCCCC2=O)c1)C(=O)Nc1ccccc1F. The number of hydrogen-bond acceptors (Lipinski definition) is 3. The number of nitrogens with zero attached hydrogens (tertiary/aromatic N) is 1. The first-order valence-corrected chi connectivity index (χ1v) is 8.32. The van der Waals surface area contributed by atoms with Crippen LogP contribution in [-0.2, 0) is 14.4 Å². The minimum atomic E-state index is -0.977. The number of nitrogens with one attached hydrogen (secondary N) is 2. The molecule has 7 heteroatoms. The first-order valence-electron chi connectivity index (χ1n) is 8.32. The largest absolute Gasteiger partial charge is 0.318 e. The molecule has 3 rings (SSSR count). The third-order valence-corrected chi connectivity index (χ3v) is 4.07. The Labute approximate surface area is 150 Å². The van der Waals surface area contributed by atoms with Gasteiger partial charge in [0.15, 0.2) is 0 Å². The van der Waals surface area contributed by atoms with Gasteiger partial charge in [-0.05, 0) is 43.2 Å². The molecule has 0 aromatic heterocycles. The molecule has 2 aromatic rings. The number of rotatable bonds is 3. The molecular weight excluding hydrogens is 337 g/mol. The molecule has 1 fully saturated rings. The quantitative estimate of drug-likeness (QED) is 0.831. The fourth-order valence-electron chi connectivity index (χ4n) is 2.76. The molecule has 3 amide bonds. The molecule has 134 valence electrons. The van der Waals surface area contributed by atoms with Crippen molar-refractivity contribution in [1.82, 2.24) is 0 Å². The van der Waals surface area contributed by atoms with Gasteiger partial charge in [0.25, 0.3) is 0 Å². The van der Waals surface area contributed by atoms with Gasteiger partial charge in [-0.15, -0.1) is 0 Å². The van der Waals surface area contributed by atoms with Crippen molar-refractivity contribution in [2.24, 2.45) is 0 Å². The average molecular weight is 355 g/mol. The highest BCUT2D eigenvalue weighted by Crippen LogP contribution is 2.24. The predicted molar refractivity (Wildman–Crippen MR) is 96.3 cm³/mol. The van der Waals surface area contributed by atoms with Gasteiger partial charge in [-0.1, -0.05) is 18.2 Å². The van der Waals surface area contributed by atoms with Crippen molar-refractivity contribution in [3.63, 3.8) is 0 Å². The summed E-state index contributed by atoms with van der Waals surface area (Å²) in [5.41, 5.74) is 0.983. The van der Waals surface area contributed by atoms with E-state index >= 15 is 0 Å². The van der Waals surface area contributed by atoms with Crippen molar-refractivity contribution in [3.05, 3.63) is 54.3 Å². The number of benzene rings is 2. The summed E-state index contributed by atoms with van der Waals surface area (Å²) in [5, 5.41) is 4.69. The Morgan fingerprint density at radius 2 is 1.73 bits per heavy atom. The van der Waals surface area contributed by atoms with Crippen molar-refractivity contribution < 1.29 is 18.8 Å². The molecule has 1 saturated heterocycles. The number of para-hydroxylation sites is 1. The van der Waals surface area contributed by atoms with Gasteiger partial charge in [-0.2, -0.15) is 0 Å². The zero-order valence-corrected chi connectivity index (χ0v) is 14.0. The van der Waals surface area contributed by atoms with Crippen molar-refractivity contribution in [2.45, 2.75) is 19.3 Å². The van der Waals surface area contributed by atoms with E-state index in [9.17, 15) is 18.8 Å². The van der Waals surface area contributed by atoms with Crippen LogP contribution in [0.3, 0.4) is 0 Å². The maximum Gasteiger partial charge on any atom is 0.314 e. The normalized spacial score (nSPS) is 14.0. The summed E-state index contributed by atoms with van der Waals surface area (Å²) in [7, 11) is 0. The van der Waals surface area contributed by atoms with Crippen molar-refractivity contribution >= 4 is 34.8 Å². The second kappa shape index (κ2) is 7.77. The van der Waals surface area contributed by atoms with Crippen LogP contribution in [0.25, 0.3) is 0 Å². The minimum absolute atomic E-state index is 0.0389. The van der Waals surface area contributed by atoms with Crippen LogP contribution in [0, 0.1) is 5.82 Å². The first kappa shape index (κ1) is 17.6. The van der Waals surface area contributed by atoms with E-state index in [1.165, 1.54) is 18.2 Å². The van der Waals surface area contributed by atoms with Gasteiger partial charge in [-0.25, -0.2) is 4.39 Å². The van der Waals surface area contributed by atoms with Crippen LogP contribution in [0.4, 0.5) is 21.5 Å². The lowest BCUT2D eigenvalue weighted by molar-refractivity contribution is -0.133. The van der Waals surface area contributed by atoms with E-state index in [4.69, 9.17) is 0 Å². The van der Waals surface area contributed by atoms with E-state index in [0.717, 1.165) is 12.8 Å². The van der Waals surface area contributed by atoms with Gasteiger partial charge in [0.2, 0.25) is 5.91 Å². The van der Waals surface area contributed by atoms with Crippen LogP contribution in [0.5, 0.6) is 0 Å². The summed E-state index contributed by atoms with van der Waals surface area (Å²) in [5.74, 6) is -2.48. The molecule has 1 aliphatic heterocycles. The fraction of sp³-hybridized carbons (Fsp3) is 0.211. The molecule has 0 aliphatic carbocycles. The number of carbonyl (C=O) groups excluding carboxylic acids is 3. The number of halogens is 1. The number of amides is 3. The van der Waals surface area contributed by atoms with Crippen molar-refractivity contribution in [3.8, 4) is 0 Å². The molecule has 0 unspecified atom stereocenters. The van der Waals surface area contributed by atoms with E-state index in [2.05, 4.69) is 10.6 Å². The zero-order valence-electron chi connectivity index (χ0n) is 14.0. The Morgan fingerprint density at radius 1 is 0.962 bits per heavy atom. The summed E-state index contributed by atoms with van der Waals surface area (Å²) in [6.45, 7) is 0.629. The highest BCUT2D eigenvalue weighted by atomic mass is 19.1. The van der Waals surface area contributed by atoms with Crippen LogP contribution in [0.15, 0.2) is 48.5 Å². The van der Waals surface area contributed by atoms with E-state index < -0.39 is 17.6 Å². The van der Waals surface area contributed by atoms with Gasteiger partial charge in [0.1, 0.15) is 5.82 Å². The molecule has 1 heterocycles. The number of carbonyl (C=O) groups is 3. The molecule has 0 atom stereocenters. The Balaban J connectivity index is 1.67. The Hall–Kier alpha value is -3.22. The average Bonchev–Trinajstić information content (AvgIpc) is 2.64. The topological polar surface area (TPSA) is 78.5 Å². The number of anilines is 3. The second-order valence-electron chi connectivity index (χ2n) is 5.94. The molecule has 0 radical (unpaired) electrons. The molecule has 2 N–H and O–H groups in total. The van der Waals surface area contributed by atoms with Crippen LogP contribution in [0.2, 0.25) is 0 Å². The van der Waals surface area contributed by atoms with E-state index in [1.54, 1.807) is 35.2 Å². The van der Waals surface area contributed by atoms with Gasteiger partial charge < -0.3 is 15.5 Å². The summed E-state index contributed by atoms with van der Waals surface area (Å²) in [6, 6.07) is 12.3. The van der Waals surface area contributed by atoms with Crippen LogP contribution in [-0.4, -0.2) is 24.3 Å². The molecule has 0 spiro atoms. The van der Waals surface area contributed by atoms with Crippen molar-refractivity contribution in [2.75, 3.05) is 22.1 Å². The fourth-order valence-corrected chi connectivity index (χ4v) is 2.76. The molecule has 0 bridgehead atoms. The second-order valence-corrected chi connectivity index (χ2v) is 5.94. The number of piperidine rings is 1.